The molecule has 0 bridgehead atoms. The van der Waals surface area contributed by atoms with Gasteiger partial charge in [0.05, 0.1) is 12.7 Å². The molecule has 1 fully saturated rings. The van der Waals surface area contributed by atoms with Gasteiger partial charge in [-0.1, -0.05) is 18.2 Å². The minimum Gasteiger partial charge on any atom is -0.457 e. The van der Waals surface area contributed by atoms with Crippen LogP contribution in [0.15, 0.2) is 40.8 Å². The molecule has 4 heteroatoms. The lowest BCUT2D eigenvalue weighted by molar-refractivity contribution is -0.132. The zero-order valence-electron chi connectivity index (χ0n) is 11.4. The maximum atomic E-state index is 12.1. The molecule has 4 nitrogen and oxygen atoms in total. The van der Waals surface area contributed by atoms with Crippen molar-refractivity contribution in [3.05, 3.63) is 42.2 Å². The van der Waals surface area contributed by atoms with Crippen LogP contribution >= 0.6 is 0 Å². The van der Waals surface area contributed by atoms with Gasteiger partial charge < -0.3 is 14.1 Å². The van der Waals surface area contributed by atoms with Crippen molar-refractivity contribution in [2.75, 3.05) is 19.7 Å². The fourth-order valence-corrected chi connectivity index (χ4v) is 2.36. The van der Waals surface area contributed by atoms with Crippen LogP contribution in [-0.4, -0.2) is 36.6 Å². The largest absolute Gasteiger partial charge is 0.457 e. The van der Waals surface area contributed by atoms with Crippen molar-refractivity contribution in [2.24, 2.45) is 0 Å². The van der Waals surface area contributed by atoms with Crippen molar-refractivity contribution in [1.29, 1.82) is 0 Å². The van der Waals surface area contributed by atoms with Gasteiger partial charge in [0.2, 0.25) is 5.91 Å². The standard InChI is InChI=1S/C16H17NO3/c1-12-11-17(8-9-19-12)16(18)7-6-14-10-13-4-2-3-5-15(13)20-14/h2-7,10,12H,8-9,11H2,1H3/b7-6+. The van der Waals surface area contributed by atoms with E-state index in [1.54, 1.807) is 17.1 Å². The maximum Gasteiger partial charge on any atom is 0.246 e. The predicted octanol–water partition coefficient (Wildman–Crippen LogP) is 2.69. The summed E-state index contributed by atoms with van der Waals surface area (Å²) in [7, 11) is 0. The van der Waals surface area contributed by atoms with Crippen LogP contribution in [0.5, 0.6) is 0 Å². The predicted molar refractivity (Wildman–Crippen MR) is 77.2 cm³/mol. The highest BCUT2D eigenvalue weighted by Gasteiger charge is 2.19. The van der Waals surface area contributed by atoms with Gasteiger partial charge >= 0.3 is 0 Å². The normalized spacial score (nSPS) is 19.9. The summed E-state index contributed by atoms with van der Waals surface area (Å²) < 4.78 is 11.1. The molecule has 104 valence electrons. The van der Waals surface area contributed by atoms with Crippen molar-refractivity contribution >= 4 is 23.0 Å². The third-order valence-electron chi connectivity index (χ3n) is 3.39. The summed E-state index contributed by atoms with van der Waals surface area (Å²) in [4.78, 5) is 13.9. The quantitative estimate of drug-likeness (QED) is 0.789. The first-order chi connectivity index (χ1) is 9.72. The molecule has 0 saturated carbocycles. The van der Waals surface area contributed by atoms with E-state index in [9.17, 15) is 4.79 Å². The number of carbonyl (C=O) groups excluding carboxylic acids is 1. The summed E-state index contributed by atoms with van der Waals surface area (Å²) in [6.45, 7) is 3.87. The zero-order valence-corrected chi connectivity index (χ0v) is 11.4. The van der Waals surface area contributed by atoms with Gasteiger partial charge in [0.1, 0.15) is 11.3 Å². The second kappa shape index (κ2) is 5.51. The highest BCUT2D eigenvalue weighted by atomic mass is 16.5. The minimum absolute atomic E-state index is 0.000561. The first-order valence-corrected chi connectivity index (χ1v) is 6.79. The van der Waals surface area contributed by atoms with E-state index in [1.165, 1.54) is 0 Å². The smallest absolute Gasteiger partial charge is 0.246 e. The summed E-state index contributed by atoms with van der Waals surface area (Å²) in [6, 6.07) is 9.73. The Kier molecular flexibility index (Phi) is 3.56. The Hall–Kier alpha value is -2.07. The molecule has 1 aromatic carbocycles. The maximum absolute atomic E-state index is 12.1. The van der Waals surface area contributed by atoms with E-state index in [-0.39, 0.29) is 12.0 Å². The number of ether oxygens (including phenoxy) is 1. The van der Waals surface area contributed by atoms with Gasteiger partial charge in [0.25, 0.3) is 0 Å². The van der Waals surface area contributed by atoms with E-state index >= 15 is 0 Å². The van der Waals surface area contributed by atoms with Crippen LogP contribution in [0, 0.1) is 0 Å². The lowest BCUT2D eigenvalue weighted by atomic mass is 10.2. The molecule has 0 aliphatic carbocycles. The SMILES string of the molecule is CC1CN(C(=O)/C=C/c2cc3ccccc3o2)CCO1. The van der Waals surface area contributed by atoms with E-state index in [2.05, 4.69) is 0 Å². The van der Waals surface area contributed by atoms with Gasteiger partial charge in [-0.2, -0.15) is 0 Å². The van der Waals surface area contributed by atoms with E-state index in [1.807, 2.05) is 37.3 Å². The molecule has 1 aliphatic rings. The number of morpholine rings is 1. The van der Waals surface area contributed by atoms with Gasteiger partial charge in [0.15, 0.2) is 0 Å². The Balaban J connectivity index is 1.71. The fraction of sp³-hybridized carbons (Fsp3) is 0.312. The summed E-state index contributed by atoms with van der Waals surface area (Å²) in [5.74, 6) is 0.696. The van der Waals surface area contributed by atoms with Crippen molar-refractivity contribution in [3.63, 3.8) is 0 Å². The Morgan fingerprint density at radius 2 is 2.25 bits per heavy atom. The van der Waals surface area contributed by atoms with E-state index in [0.717, 1.165) is 11.0 Å². The molecule has 2 heterocycles. The Morgan fingerprint density at radius 1 is 1.40 bits per heavy atom. The van der Waals surface area contributed by atoms with E-state index in [4.69, 9.17) is 9.15 Å². The molecule has 3 rings (SSSR count). The molecule has 2 aromatic rings. The van der Waals surface area contributed by atoms with Gasteiger partial charge in [-0.05, 0) is 25.1 Å². The third-order valence-corrected chi connectivity index (χ3v) is 3.39. The van der Waals surface area contributed by atoms with Gasteiger partial charge in [-0.25, -0.2) is 0 Å². The lowest BCUT2D eigenvalue weighted by Crippen LogP contribution is -2.43. The average Bonchev–Trinajstić information content (AvgIpc) is 2.87. The van der Waals surface area contributed by atoms with Crippen molar-refractivity contribution < 1.29 is 13.9 Å². The van der Waals surface area contributed by atoms with Crippen LogP contribution in [-0.2, 0) is 9.53 Å². The molecule has 1 unspecified atom stereocenters. The van der Waals surface area contributed by atoms with Gasteiger partial charge in [-0.3, -0.25) is 4.79 Å². The topological polar surface area (TPSA) is 42.7 Å². The molecule has 0 radical (unpaired) electrons. The zero-order chi connectivity index (χ0) is 13.9. The van der Waals surface area contributed by atoms with E-state index < -0.39 is 0 Å². The molecular formula is C16H17NO3. The summed E-state index contributed by atoms with van der Waals surface area (Å²) in [6.07, 6.45) is 3.39. The first-order valence-electron chi connectivity index (χ1n) is 6.79. The summed E-state index contributed by atoms with van der Waals surface area (Å²) in [5, 5.41) is 1.04. The number of para-hydroxylation sites is 1. The minimum atomic E-state index is 0.000561. The third kappa shape index (κ3) is 2.75. The van der Waals surface area contributed by atoms with Crippen LogP contribution in [0.25, 0.3) is 17.0 Å². The molecule has 20 heavy (non-hydrogen) atoms. The molecule has 1 atom stereocenters. The van der Waals surface area contributed by atoms with Gasteiger partial charge in [0, 0.05) is 24.6 Å². The second-order valence-electron chi connectivity index (χ2n) is 4.99. The molecular weight excluding hydrogens is 254 g/mol. The number of fused-ring (bicyclic) bond motifs is 1. The van der Waals surface area contributed by atoms with Crippen molar-refractivity contribution in [2.45, 2.75) is 13.0 Å². The number of hydrogen-bond acceptors (Lipinski definition) is 3. The molecule has 1 aromatic heterocycles. The van der Waals surface area contributed by atoms with Gasteiger partial charge in [-0.15, -0.1) is 0 Å². The second-order valence-corrected chi connectivity index (χ2v) is 4.99. The lowest BCUT2D eigenvalue weighted by Gasteiger charge is -2.30. The van der Waals surface area contributed by atoms with Crippen LogP contribution < -0.4 is 0 Å². The van der Waals surface area contributed by atoms with Crippen LogP contribution in [0.3, 0.4) is 0 Å². The number of carbonyl (C=O) groups is 1. The highest BCUT2D eigenvalue weighted by Crippen LogP contribution is 2.19. The monoisotopic (exact) mass is 271 g/mol. The molecule has 1 saturated heterocycles. The fourth-order valence-electron chi connectivity index (χ4n) is 2.36. The number of nitrogens with zero attached hydrogens (tertiary/aromatic N) is 1. The van der Waals surface area contributed by atoms with Crippen molar-refractivity contribution in [1.82, 2.24) is 4.90 Å². The molecule has 0 spiro atoms. The highest BCUT2D eigenvalue weighted by molar-refractivity contribution is 5.92. The number of furan rings is 1. The molecule has 0 N–H and O–H groups in total. The Bertz CT molecular complexity index is 611. The first kappa shape index (κ1) is 12.9. The number of benzene rings is 1. The van der Waals surface area contributed by atoms with Crippen molar-refractivity contribution in [3.8, 4) is 0 Å². The Morgan fingerprint density at radius 3 is 3.05 bits per heavy atom. The molecule has 1 aliphatic heterocycles. The average molecular weight is 271 g/mol. The summed E-state index contributed by atoms with van der Waals surface area (Å²) >= 11 is 0. The number of rotatable bonds is 2. The van der Waals surface area contributed by atoms with Crippen LogP contribution in [0.4, 0.5) is 0 Å². The number of hydrogen-bond donors (Lipinski definition) is 0. The van der Waals surface area contributed by atoms with Crippen LogP contribution in [0.2, 0.25) is 0 Å². The van der Waals surface area contributed by atoms with Crippen LogP contribution in [0.1, 0.15) is 12.7 Å². The number of amides is 1. The molecule has 1 amide bonds. The summed E-state index contributed by atoms with van der Waals surface area (Å²) in [5.41, 5.74) is 0.833. The Labute approximate surface area is 117 Å². The van der Waals surface area contributed by atoms with E-state index in [0.29, 0.717) is 25.5 Å².